The molecule has 0 atom stereocenters. The van der Waals surface area contributed by atoms with Gasteiger partial charge in [-0.3, -0.25) is 4.79 Å². The third-order valence-electron chi connectivity index (χ3n) is 4.04. The Labute approximate surface area is 120 Å². The van der Waals surface area contributed by atoms with Crippen molar-refractivity contribution < 1.29 is 9.53 Å². The summed E-state index contributed by atoms with van der Waals surface area (Å²) in [6.07, 6.45) is 4.77. The highest BCUT2D eigenvalue weighted by Crippen LogP contribution is 2.20. The molecule has 2 rings (SSSR count). The fourth-order valence-electron chi connectivity index (χ4n) is 2.83. The number of hydrogen-bond acceptors (Lipinski definition) is 3. The number of nitrogens with one attached hydrogen (secondary N) is 2. The SMILES string of the molecule is CNC1CCC(NC(=O)Cc2ccccc2OC)CC1. The van der Waals surface area contributed by atoms with Crippen LogP contribution in [0.4, 0.5) is 0 Å². The van der Waals surface area contributed by atoms with E-state index in [9.17, 15) is 4.79 Å². The zero-order valence-corrected chi connectivity index (χ0v) is 12.3. The first-order valence-corrected chi connectivity index (χ1v) is 7.31. The lowest BCUT2D eigenvalue weighted by atomic mass is 9.91. The molecule has 0 aliphatic heterocycles. The predicted molar refractivity (Wildman–Crippen MR) is 79.9 cm³/mol. The van der Waals surface area contributed by atoms with Crippen LogP contribution in [0.25, 0.3) is 0 Å². The zero-order chi connectivity index (χ0) is 14.4. The number of hydrogen-bond donors (Lipinski definition) is 2. The van der Waals surface area contributed by atoms with E-state index in [0.29, 0.717) is 18.5 Å². The molecule has 2 N–H and O–H groups in total. The molecule has 1 aromatic rings. The second-order valence-electron chi connectivity index (χ2n) is 5.39. The van der Waals surface area contributed by atoms with Gasteiger partial charge in [-0.25, -0.2) is 0 Å². The lowest BCUT2D eigenvalue weighted by molar-refractivity contribution is -0.121. The van der Waals surface area contributed by atoms with Gasteiger partial charge in [0, 0.05) is 17.6 Å². The Bertz CT molecular complexity index is 440. The molecule has 0 spiro atoms. The standard InChI is InChI=1S/C16H24N2O2/c1-17-13-7-9-14(10-8-13)18-16(19)11-12-5-3-4-6-15(12)20-2/h3-6,13-14,17H,7-11H2,1-2H3,(H,18,19). The van der Waals surface area contributed by atoms with E-state index < -0.39 is 0 Å². The maximum Gasteiger partial charge on any atom is 0.224 e. The molecule has 4 nitrogen and oxygen atoms in total. The molecule has 0 unspecified atom stereocenters. The van der Waals surface area contributed by atoms with Crippen LogP contribution in [0.3, 0.4) is 0 Å². The van der Waals surface area contributed by atoms with Gasteiger partial charge in [-0.15, -0.1) is 0 Å². The highest BCUT2D eigenvalue weighted by Gasteiger charge is 2.21. The topological polar surface area (TPSA) is 50.4 Å². The molecule has 4 heteroatoms. The van der Waals surface area contributed by atoms with Gasteiger partial charge in [0.25, 0.3) is 0 Å². The predicted octanol–water partition coefficient (Wildman–Crippen LogP) is 1.88. The van der Waals surface area contributed by atoms with Crippen molar-refractivity contribution >= 4 is 5.91 Å². The van der Waals surface area contributed by atoms with Crippen molar-refractivity contribution in [1.29, 1.82) is 0 Å². The lowest BCUT2D eigenvalue weighted by Crippen LogP contribution is -2.41. The smallest absolute Gasteiger partial charge is 0.224 e. The Morgan fingerprint density at radius 3 is 2.50 bits per heavy atom. The number of ether oxygens (including phenoxy) is 1. The Balaban J connectivity index is 1.84. The number of methoxy groups -OCH3 is 1. The summed E-state index contributed by atoms with van der Waals surface area (Å²) >= 11 is 0. The highest BCUT2D eigenvalue weighted by atomic mass is 16.5. The molecule has 20 heavy (non-hydrogen) atoms. The third-order valence-corrected chi connectivity index (χ3v) is 4.04. The van der Waals surface area contributed by atoms with Crippen LogP contribution in [0.15, 0.2) is 24.3 Å². The van der Waals surface area contributed by atoms with Gasteiger partial charge in [-0.2, -0.15) is 0 Å². The van der Waals surface area contributed by atoms with Crippen LogP contribution < -0.4 is 15.4 Å². The number of carbonyl (C=O) groups excluding carboxylic acids is 1. The minimum absolute atomic E-state index is 0.0856. The minimum atomic E-state index is 0.0856. The summed E-state index contributed by atoms with van der Waals surface area (Å²) in [5.41, 5.74) is 0.941. The second kappa shape index (κ2) is 7.29. The molecule has 110 valence electrons. The molecule has 0 aromatic heterocycles. The van der Waals surface area contributed by atoms with Crippen LogP contribution in [-0.2, 0) is 11.2 Å². The van der Waals surface area contributed by atoms with Crippen LogP contribution >= 0.6 is 0 Å². The maximum absolute atomic E-state index is 12.1. The number of amides is 1. The average molecular weight is 276 g/mol. The van der Waals surface area contributed by atoms with Gasteiger partial charge in [0.05, 0.1) is 13.5 Å². The van der Waals surface area contributed by atoms with E-state index in [-0.39, 0.29) is 5.91 Å². The van der Waals surface area contributed by atoms with Gasteiger partial charge in [-0.05, 0) is 38.8 Å². The molecule has 1 aliphatic carbocycles. The van der Waals surface area contributed by atoms with Crippen LogP contribution in [0, 0.1) is 0 Å². The first kappa shape index (κ1) is 14.9. The average Bonchev–Trinajstić information content (AvgIpc) is 2.48. The van der Waals surface area contributed by atoms with E-state index in [4.69, 9.17) is 4.74 Å². The van der Waals surface area contributed by atoms with Crippen LogP contribution in [0.2, 0.25) is 0 Å². The number of benzene rings is 1. The Morgan fingerprint density at radius 2 is 1.85 bits per heavy atom. The summed E-state index contributed by atoms with van der Waals surface area (Å²) in [5.74, 6) is 0.865. The van der Waals surface area contributed by atoms with Gasteiger partial charge in [0.2, 0.25) is 5.91 Å². The molecule has 1 amide bonds. The third kappa shape index (κ3) is 3.97. The summed E-state index contributed by atoms with van der Waals surface area (Å²) in [6, 6.07) is 8.61. The highest BCUT2D eigenvalue weighted by molar-refractivity contribution is 5.79. The molecule has 0 bridgehead atoms. The molecule has 1 saturated carbocycles. The van der Waals surface area contributed by atoms with Crippen LogP contribution in [-0.4, -0.2) is 32.1 Å². The molecular weight excluding hydrogens is 252 g/mol. The van der Waals surface area contributed by atoms with Crippen molar-refractivity contribution in [3.05, 3.63) is 29.8 Å². The molecule has 0 heterocycles. The molecule has 1 aliphatic rings. The monoisotopic (exact) mass is 276 g/mol. The van der Waals surface area contributed by atoms with E-state index in [1.165, 1.54) is 0 Å². The summed E-state index contributed by atoms with van der Waals surface area (Å²) in [5, 5.41) is 6.44. The maximum atomic E-state index is 12.1. The molecule has 0 radical (unpaired) electrons. The number of para-hydroxylation sites is 1. The molecule has 1 aromatic carbocycles. The van der Waals surface area contributed by atoms with E-state index in [1.54, 1.807) is 7.11 Å². The first-order valence-electron chi connectivity index (χ1n) is 7.31. The van der Waals surface area contributed by atoms with E-state index in [0.717, 1.165) is 37.0 Å². The van der Waals surface area contributed by atoms with Crippen molar-refractivity contribution in [1.82, 2.24) is 10.6 Å². The van der Waals surface area contributed by atoms with Gasteiger partial charge >= 0.3 is 0 Å². The van der Waals surface area contributed by atoms with Gasteiger partial charge in [0.15, 0.2) is 0 Å². The zero-order valence-electron chi connectivity index (χ0n) is 12.3. The fraction of sp³-hybridized carbons (Fsp3) is 0.562. The van der Waals surface area contributed by atoms with Crippen molar-refractivity contribution in [3.8, 4) is 5.75 Å². The summed E-state index contributed by atoms with van der Waals surface area (Å²) < 4.78 is 5.28. The van der Waals surface area contributed by atoms with E-state index in [1.807, 2.05) is 31.3 Å². The van der Waals surface area contributed by atoms with Crippen LogP contribution in [0.5, 0.6) is 5.75 Å². The summed E-state index contributed by atoms with van der Waals surface area (Å²) in [6.45, 7) is 0. The number of rotatable bonds is 5. The van der Waals surface area contributed by atoms with E-state index >= 15 is 0 Å². The molecular formula is C16H24N2O2. The first-order chi connectivity index (χ1) is 9.72. The van der Waals surface area contributed by atoms with Gasteiger partial charge in [-0.1, -0.05) is 18.2 Å². The van der Waals surface area contributed by atoms with Crippen molar-refractivity contribution in [2.75, 3.05) is 14.2 Å². The second-order valence-corrected chi connectivity index (χ2v) is 5.39. The Morgan fingerprint density at radius 1 is 1.20 bits per heavy atom. The largest absolute Gasteiger partial charge is 0.496 e. The Hall–Kier alpha value is -1.55. The molecule has 1 fully saturated rings. The van der Waals surface area contributed by atoms with Crippen LogP contribution in [0.1, 0.15) is 31.2 Å². The van der Waals surface area contributed by atoms with E-state index in [2.05, 4.69) is 10.6 Å². The quantitative estimate of drug-likeness (QED) is 0.863. The lowest BCUT2D eigenvalue weighted by Gasteiger charge is -2.28. The Kier molecular flexibility index (Phi) is 5.41. The van der Waals surface area contributed by atoms with Gasteiger partial charge < -0.3 is 15.4 Å². The van der Waals surface area contributed by atoms with Crippen molar-refractivity contribution in [3.63, 3.8) is 0 Å². The van der Waals surface area contributed by atoms with Gasteiger partial charge in [0.1, 0.15) is 5.75 Å². The minimum Gasteiger partial charge on any atom is -0.496 e. The molecule has 0 saturated heterocycles. The summed E-state index contributed by atoms with van der Waals surface area (Å²) in [4.78, 5) is 12.1. The number of carbonyl (C=O) groups is 1. The summed E-state index contributed by atoms with van der Waals surface area (Å²) in [7, 11) is 3.64. The van der Waals surface area contributed by atoms with Crippen molar-refractivity contribution in [2.45, 2.75) is 44.2 Å². The fourth-order valence-corrected chi connectivity index (χ4v) is 2.83. The van der Waals surface area contributed by atoms with Crippen molar-refractivity contribution in [2.24, 2.45) is 0 Å². The normalized spacial score (nSPS) is 22.3.